The second kappa shape index (κ2) is 7.74. The molecule has 2 heterocycles. The summed E-state index contributed by atoms with van der Waals surface area (Å²) in [5.41, 5.74) is 0. The Bertz CT molecular complexity index is 599. The monoisotopic (exact) mass is 343 g/mol. The molecule has 1 aliphatic rings. The lowest BCUT2D eigenvalue weighted by molar-refractivity contribution is 0.0753. The molecule has 0 bridgehead atoms. The summed E-state index contributed by atoms with van der Waals surface area (Å²) in [5, 5.41) is 0. The van der Waals surface area contributed by atoms with E-state index in [1.54, 1.807) is 14.1 Å². The number of aromatic nitrogens is 2. The second-order valence-electron chi connectivity index (χ2n) is 6.53. The molecule has 0 radical (unpaired) electrons. The van der Waals surface area contributed by atoms with Crippen molar-refractivity contribution in [3.8, 4) is 0 Å². The SMILES string of the molecule is C[C@@H]1CN(CCCS(=O)(=O)N(C)C)CCN1Cc1nccn1C. The lowest BCUT2D eigenvalue weighted by Crippen LogP contribution is -2.51. The molecule has 8 heteroatoms. The van der Waals surface area contributed by atoms with Gasteiger partial charge in [-0.15, -0.1) is 0 Å². The summed E-state index contributed by atoms with van der Waals surface area (Å²) in [4.78, 5) is 9.20. The summed E-state index contributed by atoms with van der Waals surface area (Å²) in [5.74, 6) is 1.31. The molecule has 1 aromatic rings. The number of aryl methyl sites for hydroxylation is 1. The quantitative estimate of drug-likeness (QED) is 0.708. The number of sulfonamides is 1. The Morgan fingerprint density at radius 1 is 1.35 bits per heavy atom. The predicted octanol–water partition coefficient (Wildman–Crippen LogP) is 0.208. The predicted molar refractivity (Wildman–Crippen MR) is 91.6 cm³/mol. The second-order valence-corrected chi connectivity index (χ2v) is 8.83. The van der Waals surface area contributed by atoms with Gasteiger partial charge in [-0.1, -0.05) is 0 Å². The van der Waals surface area contributed by atoms with Crippen LogP contribution in [0.1, 0.15) is 19.2 Å². The number of nitrogens with zero attached hydrogens (tertiary/aromatic N) is 5. The van der Waals surface area contributed by atoms with Crippen LogP contribution in [0.2, 0.25) is 0 Å². The van der Waals surface area contributed by atoms with Crippen LogP contribution in [0.5, 0.6) is 0 Å². The molecule has 1 aromatic heterocycles. The minimum atomic E-state index is -3.08. The molecule has 0 N–H and O–H groups in total. The third-order valence-corrected chi connectivity index (χ3v) is 6.46. The van der Waals surface area contributed by atoms with Gasteiger partial charge < -0.3 is 9.47 Å². The number of imidazole rings is 1. The molecule has 23 heavy (non-hydrogen) atoms. The van der Waals surface area contributed by atoms with Crippen LogP contribution in [-0.4, -0.2) is 84.1 Å². The average Bonchev–Trinajstić information content (AvgIpc) is 2.87. The van der Waals surface area contributed by atoms with E-state index in [1.807, 2.05) is 19.4 Å². The molecule has 0 aromatic carbocycles. The Hall–Kier alpha value is -0.960. The molecular weight excluding hydrogens is 314 g/mol. The fourth-order valence-corrected chi connectivity index (χ4v) is 3.75. The number of rotatable bonds is 7. The topological polar surface area (TPSA) is 61.7 Å². The lowest BCUT2D eigenvalue weighted by atomic mass is 10.2. The van der Waals surface area contributed by atoms with Gasteiger partial charge in [0, 0.05) is 59.2 Å². The molecule has 1 fully saturated rings. The van der Waals surface area contributed by atoms with Crippen LogP contribution < -0.4 is 0 Å². The Kier molecular flexibility index (Phi) is 6.19. The fraction of sp³-hybridized carbons (Fsp3) is 0.800. The van der Waals surface area contributed by atoms with E-state index in [2.05, 4.69) is 26.3 Å². The Balaban J connectivity index is 1.77. The van der Waals surface area contributed by atoms with Crippen molar-refractivity contribution >= 4 is 10.0 Å². The highest BCUT2D eigenvalue weighted by Gasteiger charge is 2.24. The smallest absolute Gasteiger partial charge is 0.213 e. The summed E-state index contributed by atoms with van der Waals surface area (Å²) >= 11 is 0. The third kappa shape index (κ3) is 5.00. The summed E-state index contributed by atoms with van der Waals surface area (Å²) < 4.78 is 26.9. The molecule has 7 nitrogen and oxygen atoms in total. The molecule has 1 aliphatic heterocycles. The third-order valence-electron chi connectivity index (χ3n) is 4.55. The molecule has 0 amide bonds. The van der Waals surface area contributed by atoms with Crippen LogP contribution in [0.3, 0.4) is 0 Å². The maximum Gasteiger partial charge on any atom is 0.213 e. The molecule has 132 valence electrons. The van der Waals surface area contributed by atoms with Crippen molar-refractivity contribution < 1.29 is 8.42 Å². The van der Waals surface area contributed by atoms with Crippen LogP contribution in [-0.2, 0) is 23.6 Å². The summed E-state index contributed by atoms with van der Waals surface area (Å²) in [7, 11) is 2.13. The molecule has 1 atom stereocenters. The lowest BCUT2D eigenvalue weighted by Gasteiger charge is -2.39. The average molecular weight is 343 g/mol. The highest BCUT2D eigenvalue weighted by molar-refractivity contribution is 7.89. The van der Waals surface area contributed by atoms with Gasteiger partial charge in [-0.3, -0.25) is 4.90 Å². The first-order valence-electron chi connectivity index (χ1n) is 8.12. The van der Waals surface area contributed by atoms with Gasteiger partial charge in [0.05, 0.1) is 12.3 Å². The van der Waals surface area contributed by atoms with Crippen molar-refractivity contribution in [1.29, 1.82) is 0 Å². The van der Waals surface area contributed by atoms with Crippen molar-refractivity contribution in [2.75, 3.05) is 46.0 Å². The van der Waals surface area contributed by atoms with E-state index in [0.29, 0.717) is 12.5 Å². The zero-order valence-corrected chi connectivity index (χ0v) is 15.5. The molecule has 2 rings (SSSR count). The van der Waals surface area contributed by atoms with Gasteiger partial charge in [0.1, 0.15) is 5.82 Å². The molecule has 0 aliphatic carbocycles. The van der Waals surface area contributed by atoms with Gasteiger partial charge in [-0.2, -0.15) is 0 Å². The van der Waals surface area contributed by atoms with E-state index >= 15 is 0 Å². The summed E-state index contributed by atoms with van der Waals surface area (Å²) in [6.07, 6.45) is 4.50. The van der Waals surface area contributed by atoms with E-state index in [4.69, 9.17) is 0 Å². The Morgan fingerprint density at radius 2 is 2.09 bits per heavy atom. The first kappa shape index (κ1) is 18.4. The largest absolute Gasteiger partial charge is 0.337 e. The highest BCUT2D eigenvalue weighted by atomic mass is 32.2. The zero-order valence-electron chi connectivity index (χ0n) is 14.6. The van der Waals surface area contributed by atoms with Crippen molar-refractivity contribution in [2.24, 2.45) is 7.05 Å². The molecule has 0 unspecified atom stereocenters. The van der Waals surface area contributed by atoms with Crippen LogP contribution >= 0.6 is 0 Å². The molecule has 0 spiro atoms. The van der Waals surface area contributed by atoms with E-state index < -0.39 is 10.0 Å². The van der Waals surface area contributed by atoms with E-state index in [9.17, 15) is 8.42 Å². The number of piperazine rings is 1. The van der Waals surface area contributed by atoms with Gasteiger partial charge in [0.2, 0.25) is 10.0 Å². The fourth-order valence-electron chi connectivity index (χ4n) is 2.89. The maximum absolute atomic E-state index is 11.8. The van der Waals surface area contributed by atoms with E-state index in [1.165, 1.54) is 4.31 Å². The van der Waals surface area contributed by atoms with Crippen molar-refractivity contribution in [2.45, 2.75) is 25.9 Å². The first-order chi connectivity index (χ1) is 10.8. The van der Waals surface area contributed by atoms with Gasteiger partial charge in [-0.25, -0.2) is 17.7 Å². The van der Waals surface area contributed by atoms with E-state index in [0.717, 1.165) is 38.5 Å². The standard InChI is InChI=1S/C15H29N5O2S/c1-14-12-19(7-5-11-23(21,22)17(2)3)9-10-20(14)13-15-16-6-8-18(15)4/h6,8,14H,5,7,9-13H2,1-4H3/t14-/m1/s1. The first-order valence-corrected chi connectivity index (χ1v) is 9.73. The number of hydrogen-bond donors (Lipinski definition) is 0. The zero-order chi connectivity index (χ0) is 17.0. The van der Waals surface area contributed by atoms with E-state index in [-0.39, 0.29) is 5.75 Å². The molecule has 1 saturated heterocycles. The van der Waals surface area contributed by atoms with Crippen molar-refractivity contribution in [3.63, 3.8) is 0 Å². The minimum Gasteiger partial charge on any atom is -0.337 e. The van der Waals surface area contributed by atoms with Crippen LogP contribution in [0.4, 0.5) is 0 Å². The van der Waals surface area contributed by atoms with Gasteiger partial charge in [0.15, 0.2) is 0 Å². The Morgan fingerprint density at radius 3 is 2.65 bits per heavy atom. The Labute approximate surface area is 139 Å². The normalized spacial score (nSPS) is 21.2. The summed E-state index contributed by atoms with van der Waals surface area (Å²) in [6, 6.07) is 0.450. The maximum atomic E-state index is 11.8. The van der Waals surface area contributed by atoms with Gasteiger partial charge in [0.25, 0.3) is 0 Å². The van der Waals surface area contributed by atoms with Crippen LogP contribution in [0.15, 0.2) is 12.4 Å². The highest BCUT2D eigenvalue weighted by Crippen LogP contribution is 2.13. The van der Waals surface area contributed by atoms with Crippen LogP contribution in [0, 0.1) is 0 Å². The van der Waals surface area contributed by atoms with Crippen molar-refractivity contribution in [1.82, 2.24) is 23.7 Å². The molecule has 0 saturated carbocycles. The molecular formula is C15H29N5O2S. The van der Waals surface area contributed by atoms with Gasteiger partial charge in [-0.05, 0) is 19.9 Å². The minimum absolute atomic E-state index is 0.224. The summed E-state index contributed by atoms with van der Waals surface area (Å²) in [6.45, 7) is 6.89. The number of hydrogen-bond acceptors (Lipinski definition) is 5. The van der Waals surface area contributed by atoms with Crippen molar-refractivity contribution in [3.05, 3.63) is 18.2 Å². The van der Waals surface area contributed by atoms with Gasteiger partial charge >= 0.3 is 0 Å². The van der Waals surface area contributed by atoms with Crippen LogP contribution in [0.25, 0.3) is 0 Å².